The van der Waals surface area contributed by atoms with E-state index in [-0.39, 0.29) is 11.9 Å². The Morgan fingerprint density at radius 3 is 2.91 bits per heavy atom. The molecule has 0 saturated carbocycles. The van der Waals surface area contributed by atoms with Gasteiger partial charge in [-0.1, -0.05) is 6.07 Å². The van der Waals surface area contributed by atoms with Gasteiger partial charge in [0.05, 0.1) is 17.2 Å². The summed E-state index contributed by atoms with van der Waals surface area (Å²) in [6, 6.07) is 9.32. The molecule has 0 spiro atoms. The van der Waals surface area contributed by atoms with Crippen LogP contribution in [0.2, 0.25) is 0 Å². The van der Waals surface area contributed by atoms with Gasteiger partial charge in [0.2, 0.25) is 0 Å². The van der Waals surface area contributed by atoms with Crippen LogP contribution in [0.25, 0.3) is 5.69 Å². The van der Waals surface area contributed by atoms with Crippen molar-refractivity contribution in [3.63, 3.8) is 0 Å². The van der Waals surface area contributed by atoms with Gasteiger partial charge >= 0.3 is 0 Å². The highest BCUT2D eigenvalue weighted by atomic mass is 32.1. The third kappa shape index (κ3) is 2.78. The Hall–Kier alpha value is -2.47. The second kappa shape index (κ2) is 6.11. The monoisotopic (exact) mass is 312 g/mol. The van der Waals surface area contributed by atoms with Crippen LogP contribution in [0.5, 0.6) is 0 Å². The summed E-state index contributed by atoms with van der Waals surface area (Å²) in [7, 11) is 1.81. The lowest BCUT2D eigenvalue weighted by Gasteiger charge is -2.24. The predicted octanol–water partition coefficient (Wildman–Crippen LogP) is 3.16. The number of hydrogen-bond acceptors (Lipinski definition) is 4. The molecule has 3 aromatic rings. The van der Waals surface area contributed by atoms with Crippen molar-refractivity contribution in [2.75, 3.05) is 7.05 Å². The fourth-order valence-corrected chi connectivity index (χ4v) is 2.93. The van der Waals surface area contributed by atoms with Gasteiger partial charge in [0.1, 0.15) is 0 Å². The van der Waals surface area contributed by atoms with E-state index in [1.807, 2.05) is 50.5 Å². The molecule has 1 aromatic carbocycles. The molecule has 0 fully saturated rings. The fraction of sp³-hybridized carbons (Fsp3) is 0.188. The van der Waals surface area contributed by atoms with E-state index in [1.54, 1.807) is 38.8 Å². The first-order chi connectivity index (χ1) is 10.7. The SMILES string of the molecule is C[C@@H](c1cncs1)N(C)C(=O)c1cccc(-n2cccn2)c1. The van der Waals surface area contributed by atoms with E-state index in [4.69, 9.17) is 0 Å². The van der Waals surface area contributed by atoms with Gasteiger partial charge in [-0.25, -0.2) is 4.68 Å². The highest BCUT2D eigenvalue weighted by Crippen LogP contribution is 2.24. The lowest BCUT2D eigenvalue weighted by atomic mass is 10.1. The van der Waals surface area contributed by atoms with Crippen molar-refractivity contribution in [3.05, 3.63) is 64.9 Å². The van der Waals surface area contributed by atoms with E-state index in [0.717, 1.165) is 10.6 Å². The molecule has 5 nitrogen and oxygen atoms in total. The van der Waals surface area contributed by atoms with Gasteiger partial charge in [-0.2, -0.15) is 5.10 Å². The number of thiazole rings is 1. The molecular formula is C16H16N4OS. The number of hydrogen-bond donors (Lipinski definition) is 0. The summed E-state index contributed by atoms with van der Waals surface area (Å²) in [5.74, 6) is -0.0186. The van der Waals surface area contributed by atoms with E-state index < -0.39 is 0 Å². The van der Waals surface area contributed by atoms with Crippen molar-refractivity contribution < 1.29 is 4.79 Å². The molecule has 1 amide bonds. The van der Waals surface area contributed by atoms with Crippen LogP contribution < -0.4 is 0 Å². The Balaban J connectivity index is 1.84. The zero-order valence-electron chi connectivity index (χ0n) is 12.4. The first kappa shape index (κ1) is 14.5. The van der Waals surface area contributed by atoms with Crippen LogP contribution in [-0.2, 0) is 0 Å². The van der Waals surface area contributed by atoms with Crippen LogP contribution in [0.1, 0.15) is 28.2 Å². The molecular weight excluding hydrogens is 296 g/mol. The largest absolute Gasteiger partial charge is 0.334 e. The summed E-state index contributed by atoms with van der Waals surface area (Å²) in [4.78, 5) is 19.6. The third-order valence-corrected chi connectivity index (χ3v) is 4.57. The molecule has 0 aliphatic carbocycles. The van der Waals surface area contributed by atoms with Gasteiger partial charge in [0.25, 0.3) is 5.91 Å². The quantitative estimate of drug-likeness (QED) is 0.743. The number of benzene rings is 1. The maximum Gasteiger partial charge on any atom is 0.254 e. The topological polar surface area (TPSA) is 51.0 Å². The molecule has 3 rings (SSSR count). The summed E-state index contributed by atoms with van der Waals surface area (Å²) < 4.78 is 1.74. The van der Waals surface area contributed by atoms with Crippen LogP contribution in [0.4, 0.5) is 0 Å². The van der Waals surface area contributed by atoms with Gasteiger partial charge in [-0.15, -0.1) is 11.3 Å². The van der Waals surface area contributed by atoms with E-state index in [2.05, 4.69) is 10.1 Å². The number of carbonyl (C=O) groups excluding carboxylic acids is 1. The lowest BCUT2D eigenvalue weighted by Crippen LogP contribution is -2.29. The zero-order chi connectivity index (χ0) is 15.5. The lowest BCUT2D eigenvalue weighted by molar-refractivity contribution is 0.0745. The second-order valence-electron chi connectivity index (χ2n) is 5.00. The maximum absolute atomic E-state index is 12.7. The fourth-order valence-electron chi connectivity index (χ4n) is 2.21. The second-order valence-corrected chi connectivity index (χ2v) is 5.91. The van der Waals surface area contributed by atoms with E-state index in [0.29, 0.717) is 5.56 Å². The van der Waals surface area contributed by atoms with Gasteiger partial charge in [0, 0.05) is 36.1 Å². The van der Waals surface area contributed by atoms with Crippen LogP contribution in [-0.4, -0.2) is 32.6 Å². The number of nitrogens with zero attached hydrogens (tertiary/aromatic N) is 4. The first-order valence-corrected chi connectivity index (χ1v) is 7.80. The average Bonchev–Trinajstić information content (AvgIpc) is 3.25. The van der Waals surface area contributed by atoms with E-state index >= 15 is 0 Å². The number of aromatic nitrogens is 3. The molecule has 2 aromatic heterocycles. The minimum Gasteiger partial charge on any atom is -0.334 e. The number of rotatable bonds is 4. The minimum atomic E-state index is -0.0186. The zero-order valence-corrected chi connectivity index (χ0v) is 13.2. The summed E-state index contributed by atoms with van der Waals surface area (Å²) in [6.07, 6.45) is 5.37. The Kier molecular flexibility index (Phi) is 4.02. The van der Waals surface area contributed by atoms with Gasteiger partial charge in [-0.05, 0) is 31.2 Å². The third-order valence-electron chi connectivity index (χ3n) is 3.63. The molecule has 0 radical (unpaired) electrons. The summed E-state index contributed by atoms with van der Waals surface area (Å²) in [6.45, 7) is 2.00. The van der Waals surface area contributed by atoms with Crippen LogP contribution >= 0.6 is 11.3 Å². The molecule has 2 heterocycles. The Bertz CT molecular complexity index is 752. The highest BCUT2D eigenvalue weighted by Gasteiger charge is 2.20. The molecule has 1 atom stereocenters. The van der Waals surface area contributed by atoms with Crippen LogP contribution in [0, 0.1) is 0 Å². The first-order valence-electron chi connectivity index (χ1n) is 6.92. The Morgan fingerprint density at radius 2 is 2.23 bits per heavy atom. The molecule has 0 saturated heterocycles. The molecule has 0 N–H and O–H groups in total. The summed E-state index contributed by atoms with van der Waals surface area (Å²) >= 11 is 1.55. The average molecular weight is 312 g/mol. The predicted molar refractivity (Wildman–Crippen MR) is 86.2 cm³/mol. The molecule has 0 aliphatic heterocycles. The molecule has 0 aliphatic rings. The summed E-state index contributed by atoms with van der Waals surface area (Å²) in [5, 5.41) is 4.19. The van der Waals surface area contributed by atoms with Gasteiger partial charge in [-0.3, -0.25) is 9.78 Å². The minimum absolute atomic E-state index is 0.00615. The van der Waals surface area contributed by atoms with Crippen molar-refractivity contribution >= 4 is 17.2 Å². The molecule has 6 heteroatoms. The molecule has 22 heavy (non-hydrogen) atoms. The van der Waals surface area contributed by atoms with Crippen LogP contribution in [0.15, 0.2) is 54.4 Å². The highest BCUT2D eigenvalue weighted by molar-refractivity contribution is 7.09. The van der Waals surface area contributed by atoms with Crippen LogP contribution in [0.3, 0.4) is 0 Å². The number of amides is 1. The van der Waals surface area contributed by atoms with E-state index in [9.17, 15) is 4.79 Å². The normalized spacial score (nSPS) is 12.1. The molecule has 0 bridgehead atoms. The van der Waals surface area contributed by atoms with Crippen molar-refractivity contribution in [1.29, 1.82) is 0 Å². The maximum atomic E-state index is 12.7. The molecule has 0 unspecified atom stereocenters. The standard InChI is InChI=1S/C16H16N4OS/c1-12(15-10-17-11-22-15)19(2)16(21)13-5-3-6-14(9-13)20-8-4-7-18-20/h3-12H,1-2H3/t12-/m0/s1. The van der Waals surface area contributed by atoms with Crippen molar-refractivity contribution in [2.24, 2.45) is 0 Å². The Labute approximate surface area is 132 Å². The van der Waals surface area contributed by atoms with Gasteiger partial charge < -0.3 is 4.90 Å². The van der Waals surface area contributed by atoms with Crippen molar-refractivity contribution in [3.8, 4) is 5.69 Å². The number of carbonyl (C=O) groups is 1. The van der Waals surface area contributed by atoms with Crippen molar-refractivity contribution in [1.82, 2.24) is 19.7 Å². The van der Waals surface area contributed by atoms with Crippen molar-refractivity contribution in [2.45, 2.75) is 13.0 Å². The van der Waals surface area contributed by atoms with Gasteiger partial charge in [0.15, 0.2) is 0 Å². The smallest absolute Gasteiger partial charge is 0.254 e. The van der Waals surface area contributed by atoms with E-state index in [1.165, 1.54) is 0 Å². The summed E-state index contributed by atoms with van der Waals surface area (Å²) in [5.41, 5.74) is 3.30. The molecule has 112 valence electrons. The Morgan fingerprint density at radius 1 is 1.36 bits per heavy atom.